The zero-order chi connectivity index (χ0) is 18.2. The Balaban J connectivity index is 1.31. The van der Waals surface area contributed by atoms with Crippen molar-refractivity contribution in [3.63, 3.8) is 0 Å². The second-order valence-electron chi connectivity index (χ2n) is 7.86. The number of piperidine rings is 1. The number of benzene rings is 1. The number of hydrogen-bond acceptors (Lipinski definition) is 4. The van der Waals surface area contributed by atoms with Crippen LogP contribution in [-0.2, 0) is 6.42 Å². The van der Waals surface area contributed by atoms with Crippen LogP contribution >= 0.6 is 0 Å². The molecule has 2 aromatic rings. The molecule has 3 heterocycles. The van der Waals surface area contributed by atoms with Gasteiger partial charge in [-0.1, -0.05) is 17.7 Å². The summed E-state index contributed by atoms with van der Waals surface area (Å²) >= 11 is 0. The topological polar surface area (TPSA) is 34.6 Å². The summed E-state index contributed by atoms with van der Waals surface area (Å²) in [4.78, 5) is 7.15. The van der Waals surface area contributed by atoms with Gasteiger partial charge in [0.05, 0.1) is 5.69 Å². The molecule has 1 saturated heterocycles. The molecule has 2 unspecified atom stereocenters. The number of hydrogen-bond donors (Lipinski definition) is 0. The minimum atomic E-state index is 0.381. The van der Waals surface area contributed by atoms with E-state index >= 15 is 0 Å². The van der Waals surface area contributed by atoms with Crippen LogP contribution in [0.4, 0.5) is 0 Å². The first-order chi connectivity index (χ1) is 13.3. The zero-order valence-corrected chi connectivity index (χ0v) is 15.9. The molecule has 4 heteroatoms. The first kappa shape index (κ1) is 16.8. The second kappa shape index (κ2) is 7.01. The maximum atomic E-state index is 5.78. The van der Waals surface area contributed by atoms with Crippen molar-refractivity contribution in [1.29, 1.82) is 0 Å². The maximum Gasteiger partial charge on any atom is 0.161 e. The van der Waals surface area contributed by atoms with E-state index in [0.717, 1.165) is 31.0 Å². The molecular formula is C23H26N2O2. The molecule has 1 fully saturated rings. The summed E-state index contributed by atoms with van der Waals surface area (Å²) in [6.07, 6.45) is 7.83. The van der Waals surface area contributed by atoms with Crippen LogP contribution in [0, 0.1) is 5.92 Å². The second-order valence-corrected chi connectivity index (χ2v) is 7.86. The Hall–Kier alpha value is -2.33. The average molecular weight is 362 g/mol. The lowest BCUT2D eigenvalue weighted by Crippen LogP contribution is -2.38. The largest absolute Gasteiger partial charge is 0.486 e. The highest BCUT2D eigenvalue weighted by molar-refractivity contribution is 5.60. The van der Waals surface area contributed by atoms with E-state index in [4.69, 9.17) is 9.47 Å². The quantitative estimate of drug-likeness (QED) is 0.817. The predicted octanol–water partition coefficient (Wildman–Crippen LogP) is 4.27. The predicted molar refractivity (Wildman–Crippen MR) is 106 cm³/mol. The van der Waals surface area contributed by atoms with Gasteiger partial charge in [0.2, 0.25) is 0 Å². The molecule has 0 radical (unpaired) electrons. The molecule has 1 aromatic carbocycles. The van der Waals surface area contributed by atoms with Crippen LogP contribution in [0.2, 0.25) is 0 Å². The average Bonchev–Trinajstić information content (AvgIpc) is 3.17. The first-order valence-electron chi connectivity index (χ1n) is 10.1. The zero-order valence-electron chi connectivity index (χ0n) is 15.9. The third-order valence-electron chi connectivity index (χ3n) is 6.22. The van der Waals surface area contributed by atoms with Gasteiger partial charge in [-0.15, -0.1) is 0 Å². The number of likely N-dealkylation sites (tertiary alicyclic amines) is 1. The van der Waals surface area contributed by atoms with Gasteiger partial charge in [0.25, 0.3) is 0 Å². The highest BCUT2D eigenvalue weighted by Gasteiger charge is 2.29. The highest BCUT2D eigenvalue weighted by atomic mass is 16.6. The van der Waals surface area contributed by atoms with Crippen molar-refractivity contribution >= 4 is 6.08 Å². The highest BCUT2D eigenvalue weighted by Crippen LogP contribution is 2.37. The Kier molecular flexibility index (Phi) is 4.36. The summed E-state index contributed by atoms with van der Waals surface area (Å²) in [7, 11) is 0. The molecule has 0 saturated carbocycles. The van der Waals surface area contributed by atoms with Gasteiger partial charge in [-0.25, -0.2) is 0 Å². The Morgan fingerprint density at radius 3 is 2.93 bits per heavy atom. The molecule has 0 bridgehead atoms. The fraction of sp³-hybridized carbons (Fsp3) is 0.435. The normalized spacial score (nSPS) is 22.9. The smallest absolute Gasteiger partial charge is 0.161 e. The Morgan fingerprint density at radius 2 is 2.04 bits per heavy atom. The molecule has 0 amide bonds. The molecule has 5 rings (SSSR count). The molecule has 1 aromatic heterocycles. The van der Waals surface area contributed by atoms with Crippen LogP contribution in [0.3, 0.4) is 0 Å². The van der Waals surface area contributed by atoms with Crippen molar-refractivity contribution in [3.05, 3.63) is 58.9 Å². The molecular weight excluding hydrogens is 336 g/mol. The first-order valence-corrected chi connectivity index (χ1v) is 10.1. The van der Waals surface area contributed by atoms with Crippen molar-refractivity contribution in [1.82, 2.24) is 9.88 Å². The molecule has 0 spiro atoms. The van der Waals surface area contributed by atoms with Crippen molar-refractivity contribution in [2.45, 2.75) is 32.2 Å². The number of pyridine rings is 1. The minimum Gasteiger partial charge on any atom is -0.486 e. The molecule has 2 aliphatic heterocycles. The van der Waals surface area contributed by atoms with Crippen LogP contribution in [0.5, 0.6) is 11.5 Å². The number of fused-ring (bicyclic) bond motifs is 2. The molecule has 140 valence electrons. The monoisotopic (exact) mass is 362 g/mol. The molecule has 3 aliphatic rings. The SMILES string of the molecule is CC(c1ccc2c(c1)OCCO2)N1CCCC(C2=Cc3ncccc3C2)C1. The van der Waals surface area contributed by atoms with E-state index in [-0.39, 0.29) is 0 Å². The van der Waals surface area contributed by atoms with Gasteiger partial charge < -0.3 is 9.47 Å². The van der Waals surface area contributed by atoms with Gasteiger partial charge in [0, 0.05) is 18.8 Å². The molecule has 4 nitrogen and oxygen atoms in total. The van der Waals surface area contributed by atoms with Crippen LogP contribution < -0.4 is 9.47 Å². The lowest BCUT2D eigenvalue weighted by molar-refractivity contribution is 0.143. The van der Waals surface area contributed by atoms with Gasteiger partial charge in [-0.05, 0) is 74.1 Å². The van der Waals surface area contributed by atoms with E-state index in [9.17, 15) is 0 Å². The van der Waals surface area contributed by atoms with Gasteiger partial charge in [0.1, 0.15) is 13.2 Å². The third-order valence-corrected chi connectivity index (χ3v) is 6.22. The Labute approximate surface area is 160 Å². The number of rotatable bonds is 3. The Morgan fingerprint density at radius 1 is 1.15 bits per heavy atom. The molecule has 27 heavy (non-hydrogen) atoms. The maximum absolute atomic E-state index is 5.78. The summed E-state index contributed by atoms with van der Waals surface area (Å²) in [6.45, 7) is 5.87. The fourth-order valence-electron chi connectivity index (χ4n) is 4.63. The lowest BCUT2D eigenvalue weighted by atomic mass is 9.88. The van der Waals surface area contributed by atoms with Crippen molar-refractivity contribution in [2.24, 2.45) is 5.92 Å². The number of aromatic nitrogens is 1. The number of ether oxygens (including phenoxy) is 2. The number of nitrogens with zero attached hydrogens (tertiary/aromatic N) is 2. The van der Waals surface area contributed by atoms with Crippen LogP contribution in [0.1, 0.15) is 42.6 Å². The van der Waals surface area contributed by atoms with Crippen molar-refractivity contribution < 1.29 is 9.47 Å². The molecule has 0 N–H and O–H groups in total. The Bertz CT molecular complexity index is 876. The van der Waals surface area contributed by atoms with E-state index in [1.165, 1.54) is 29.7 Å². The van der Waals surface area contributed by atoms with Gasteiger partial charge in [-0.2, -0.15) is 0 Å². The minimum absolute atomic E-state index is 0.381. The van der Waals surface area contributed by atoms with Crippen LogP contribution in [0.15, 0.2) is 42.1 Å². The van der Waals surface area contributed by atoms with Crippen molar-refractivity contribution in [2.75, 3.05) is 26.3 Å². The van der Waals surface area contributed by atoms with E-state index in [1.54, 1.807) is 5.57 Å². The standard InChI is InChI=1S/C23H26N2O2/c1-16(17-6-7-22-23(14-17)27-11-10-26-22)25-9-3-5-19(15-25)20-12-18-4-2-8-24-21(18)13-20/h2,4,6-8,13-14,16,19H,3,5,9-12,15H2,1H3. The summed E-state index contributed by atoms with van der Waals surface area (Å²) in [5.41, 5.74) is 5.42. The van der Waals surface area contributed by atoms with Gasteiger partial charge in [-0.3, -0.25) is 9.88 Å². The van der Waals surface area contributed by atoms with E-state index in [2.05, 4.69) is 47.1 Å². The molecule has 2 atom stereocenters. The van der Waals surface area contributed by atoms with Crippen LogP contribution in [-0.4, -0.2) is 36.2 Å². The summed E-state index contributed by atoms with van der Waals surface area (Å²) < 4.78 is 11.4. The summed E-state index contributed by atoms with van der Waals surface area (Å²) in [5.74, 6) is 2.39. The molecule has 1 aliphatic carbocycles. The summed E-state index contributed by atoms with van der Waals surface area (Å²) in [6, 6.07) is 11.1. The van der Waals surface area contributed by atoms with Gasteiger partial charge >= 0.3 is 0 Å². The van der Waals surface area contributed by atoms with Gasteiger partial charge in [0.15, 0.2) is 11.5 Å². The van der Waals surface area contributed by atoms with Crippen molar-refractivity contribution in [3.8, 4) is 11.5 Å². The van der Waals surface area contributed by atoms with E-state index < -0.39 is 0 Å². The fourth-order valence-corrected chi connectivity index (χ4v) is 4.63. The van der Waals surface area contributed by atoms with Crippen LogP contribution in [0.25, 0.3) is 6.08 Å². The van der Waals surface area contributed by atoms with E-state index in [1.807, 2.05) is 12.3 Å². The summed E-state index contributed by atoms with van der Waals surface area (Å²) in [5, 5.41) is 0. The lowest BCUT2D eigenvalue weighted by Gasteiger charge is -2.38. The van der Waals surface area contributed by atoms with E-state index in [0.29, 0.717) is 25.2 Å². The third kappa shape index (κ3) is 3.23.